The Morgan fingerprint density at radius 1 is 1.56 bits per heavy atom. The normalized spacial score (nSPS) is 10.2. The summed E-state index contributed by atoms with van der Waals surface area (Å²) >= 11 is 0. The molecule has 0 unspecified atom stereocenters. The Labute approximate surface area is 92.4 Å². The summed E-state index contributed by atoms with van der Waals surface area (Å²) in [6.45, 7) is 4.91. The average Bonchev–Trinajstić information content (AvgIpc) is 2.16. The number of aromatic nitrogens is 1. The maximum Gasteiger partial charge on any atom is 0.340 e. The summed E-state index contributed by atoms with van der Waals surface area (Å²) in [6.07, 6.45) is 1.00. The number of carbonyl (C=O) groups is 1. The molecule has 0 bridgehead atoms. The van der Waals surface area contributed by atoms with Crippen LogP contribution in [-0.4, -0.2) is 22.0 Å². The maximum absolute atomic E-state index is 11.5. The lowest BCUT2D eigenvalue weighted by Gasteiger charge is -2.07. The number of esters is 1. The van der Waals surface area contributed by atoms with Crippen LogP contribution in [-0.2, 0) is 4.74 Å². The van der Waals surface area contributed by atoms with E-state index < -0.39 is 10.9 Å². The first-order valence-corrected chi connectivity index (χ1v) is 4.74. The van der Waals surface area contributed by atoms with Crippen molar-refractivity contribution in [2.75, 3.05) is 0 Å². The van der Waals surface area contributed by atoms with E-state index in [0.717, 1.165) is 0 Å². The molecule has 0 spiro atoms. The van der Waals surface area contributed by atoms with Gasteiger partial charge in [-0.05, 0) is 20.8 Å². The Morgan fingerprint density at radius 2 is 2.19 bits per heavy atom. The largest absolute Gasteiger partial charge is 0.459 e. The van der Waals surface area contributed by atoms with E-state index in [2.05, 4.69) is 4.98 Å². The molecule has 1 heterocycles. The zero-order valence-corrected chi connectivity index (χ0v) is 9.26. The van der Waals surface area contributed by atoms with Crippen LogP contribution in [0.2, 0.25) is 0 Å². The number of nitro groups is 1. The zero-order valence-electron chi connectivity index (χ0n) is 9.26. The lowest BCUT2D eigenvalue weighted by molar-refractivity contribution is -0.385. The molecule has 0 N–H and O–H groups in total. The van der Waals surface area contributed by atoms with Gasteiger partial charge in [-0.1, -0.05) is 0 Å². The highest BCUT2D eigenvalue weighted by atomic mass is 16.6. The molecule has 1 rings (SSSR count). The van der Waals surface area contributed by atoms with Gasteiger partial charge in [-0.25, -0.2) is 4.79 Å². The number of ether oxygens (including phenoxy) is 1. The van der Waals surface area contributed by atoms with E-state index in [4.69, 9.17) is 4.74 Å². The highest BCUT2D eigenvalue weighted by molar-refractivity contribution is 5.89. The van der Waals surface area contributed by atoms with Crippen molar-refractivity contribution in [3.8, 4) is 0 Å². The van der Waals surface area contributed by atoms with Crippen LogP contribution in [0.25, 0.3) is 0 Å². The van der Waals surface area contributed by atoms with Crippen molar-refractivity contribution in [2.45, 2.75) is 26.9 Å². The van der Waals surface area contributed by atoms with Crippen molar-refractivity contribution in [3.05, 3.63) is 33.6 Å². The second-order valence-corrected chi connectivity index (χ2v) is 3.54. The van der Waals surface area contributed by atoms with Gasteiger partial charge in [0, 0.05) is 12.3 Å². The summed E-state index contributed by atoms with van der Waals surface area (Å²) in [5.74, 6) is -0.606. The molecule has 1 aromatic heterocycles. The SMILES string of the molecule is Cc1ncc(C(=O)OC(C)C)cc1[N+](=O)[O-]. The van der Waals surface area contributed by atoms with E-state index in [0.29, 0.717) is 0 Å². The van der Waals surface area contributed by atoms with Crippen molar-refractivity contribution >= 4 is 11.7 Å². The van der Waals surface area contributed by atoms with Crippen molar-refractivity contribution in [1.82, 2.24) is 4.98 Å². The van der Waals surface area contributed by atoms with Gasteiger partial charge >= 0.3 is 5.97 Å². The Balaban J connectivity index is 3.03. The van der Waals surface area contributed by atoms with Crippen LogP contribution in [0.15, 0.2) is 12.3 Å². The lowest BCUT2D eigenvalue weighted by atomic mass is 10.2. The quantitative estimate of drug-likeness (QED) is 0.444. The number of aryl methyl sites for hydroxylation is 1. The van der Waals surface area contributed by atoms with Crippen molar-refractivity contribution in [1.29, 1.82) is 0 Å². The molecule has 0 radical (unpaired) electrons. The van der Waals surface area contributed by atoms with Gasteiger partial charge in [0.2, 0.25) is 0 Å². The van der Waals surface area contributed by atoms with Crippen LogP contribution in [0.1, 0.15) is 29.9 Å². The highest BCUT2D eigenvalue weighted by Gasteiger charge is 2.17. The van der Waals surface area contributed by atoms with E-state index in [9.17, 15) is 14.9 Å². The van der Waals surface area contributed by atoms with Gasteiger partial charge in [0.25, 0.3) is 5.69 Å². The van der Waals surface area contributed by atoms with Crippen LogP contribution in [0.5, 0.6) is 0 Å². The molecule has 6 nitrogen and oxygen atoms in total. The van der Waals surface area contributed by atoms with Gasteiger partial charge < -0.3 is 4.74 Å². The molecule has 0 aliphatic carbocycles. The summed E-state index contributed by atoms with van der Waals surface area (Å²) in [7, 11) is 0. The highest BCUT2D eigenvalue weighted by Crippen LogP contribution is 2.17. The van der Waals surface area contributed by atoms with E-state index in [1.54, 1.807) is 13.8 Å². The van der Waals surface area contributed by atoms with E-state index in [1.807, 2.05) is 0 Å². The lowest BCUT2D eigenvalue weighted by Crippen LogP contribution is -2.12. The third-order valence-corrected chi connectivity index (χ3v) is 1.84. The molecular formula is C10H12N2O4. The molecule has 6 heteroatoms. The minimum Gasteiger partial charge on any atom is -0.459 e. The summed E-state index contributed by atoms with van der Waals surface area (Å²) < 4.78 is 4.91. The number of rotatable bonds is 3. The monoisotopic (exact) mass is 224 g/mol. The van der Waals surface area contributed by atoms with Crippen LogP contribution in [0.4, 0.5) is 5.69 Å². The van der Waals surface area contributed by atoms with E-state index >= 15 is 0 Å². The average molecular weight is 224 g/mol. The number of hydrogen-bond acceptors (Lipinski definition) is 5. The summed E-state index contributed by atoms with van der Waals surface area (Å²) in [6, 6.07) is 1.17. The molecular weight excluding hydrogens is 212 g/mol. The third-order valence-electron chi connectivity index (χ3n) is 1.84. The van der Waals surface area contributed by atoms with Crippen molar-refractivity contribution < 1.29 is 14.5 Å². The number of nitrogens with zero attached hydrogens (tertiary/aromatic N) is 2. The van der Waals surface area contributed by atoms with Crippen LogP contribution in [0, 0.1) is 17.0 Å². The second kappa shape index (κ2) is 4.69. The van der Waals surface area contributed by atoms with E-state index in [1.165, 1.54) is 19.2 Å². The minimum absolute atomic E-state index is 0.0889. The number of carbonyl (C=O) groups excluding carboxylic acids is 1. The van der Waals surface area contributed by atoms with Gasteiger partial charge in [-0.3, -0.25) is 15.1 Å². The minimum atomic E-state index is -0.606. The topological polar surface area (TPSA) is 82.3 Å². The molecule has 0 saturated carbocycles. The first-order valence-electron chi connectivity index (χ1n) is 4.74. The molecule has 0 atom stereocenters. The number of hydrogen-bond donors (Lipinski definition) is 0. The van der Waals surface area contributed by atoms with Gasteiger partial charge in [0.15, 0.2) is 0 Å². The standard InChI is InChI=1S/C10H12N2O4/c1-6(2)16-10(13)8-4-9(12(14)15)7(3)11-5-8/h4-6H,1-3H3. The predicted octanol–water partition coefficient (Wildman–Crippen LogP) is 1.86. The molecule has 86 valence electrons. The molecule has 0 fully saturated rings. The molecule has 16 heavy (non-hydrogen) atoms. The fourth-order valence-corrected chi connectivity index (χ4v) is 1.10. The van der Waals surface area contributed by atoms with Gasteiger partial charge in [-0.2, -0.15) is 0 Å². The number of pyridine rings is 1. The fraction of sp³-hybridized carbons (Fsp3) is 0.400. The smallest absolute Gasteiger partial charge is 0.340 e. The van der Waals surface area contributed by atoms with E-state index in [-0.39, 0.29) is 23.0 Å². The Bertz CT molecular complexity index is 429. The molecule has 0 aromatic carbocycles. The van der Waals surface area contributed by atoms with Crippen LogP contribution in [0.3, 0.4) is 0 Å². The van der Waals surface area contributed by atoms with Crippen molar-refractivity contribution in [2.24, 2.45) is 0 Å². The molecule has 0 aliphatic rings. The Hall–Kier alpha value is -1.98. The van der Waals surface area contributed by atoms with Crippen molar-refractivity contribution in [3.63, 3.8) is 0 Å². The maximum atomic E-state index is 11.5. The molecule has 1 aromatic rings. The molecule has 0 saturated heterocycles. The summed E-state index contributed by atoms with van der Waals surface area (Å²) in [5.41, 5.74) is 0.176. The van der Waals surface area contributed by atoms with Gasteiger partial charge in [0.1, 0.15) is 5.69 Å². The zero-order chi connectivity index (χ0) is 12.3. The summed E-state index contributed by atoms with van der Waals surface area (Å²) in [4.78, 5) is 25.3. The van der Waals surface area contributed by atoms with Crippen LogP contribution >= 0.6 is 0 Å². The fourth-order valence-electron chi connectivity index (χ4n) is 1.10. The molecule has 0 amide bonds. The summed E-state index contributed by atoms with van der Waals surface area (Å²) in [5, 5.41) is 10.6. The predicted molar refractivity (Wildman–Crippen MR) is 56.2 cm³/mol. The third kappa shape index (κ3) is 2.75. The molecule has 0 aliphatic heterocycles. The Kier molecular flexibility index (Phi) is 3.55. The van der Waals surface area contributed by atoms with Gasteiger partial charge in [0.05, 0.1) is 16.6 Å². The Morgan fingerprint density at radius 3 is 2.69 bits per heavy atom. The van der Waals surface area contributed by atoms with Gasteiger partial charge in [-0.15, -0.1) is 0 Å². The first kappa shape index (κ1) is 12.1. The second-order valence-electron chi connectivity index (χ2n) is 3.54. The van der Waals surface area contributed by atoms with Crippen LogP contribution < -0.4 is 0 Å². The first-order chi connectivity index (χ1) is 7.41.